The Hall–Kier alpha value is -1.90. The monoisotopic (exact) mass is 217 g/mol. The first-order valence-corrected chi connectivity index (χ1v) is 5.19. The Bertz CT molecular complexity index is 449. The van der Waals surface area contributed by atoms with E-state index in [-0.39, 0.29) is 0 Å². The highest BCUT2D eigenvalue weighted by Gasteiger charge is 2.00. The number of methoxy groups -OCH3 is 1. The maximum atomic E-state index is 5.21. The molecule has 3 nitrogen and oxygen atoms in total. The first-order valence-electron chi connectivity index (χ1n) is 5.19. The van der Waals surface area contributed by atoms with Crippen molar-refractivity contribution in [2.24, 2.45) is 0 Å². The number of aryl methyl sites for hydroxylation is 1. The molecule has 0 atom stereocenters. The summed E-state index contributed by atoms with van der Waals surface area (Å²) in [6.07, 6.45) is 3.42. The van der Waals surface area contributed by atoms with Crippen LogP contribution < -0.4 is 10.1 Å². The number of anilines is 1. The number of hydrogen-bond acceptors (Lipinski definition) is 3. The van der Waals surface area contributed by atoms with Crippen molar-refractivity contribution in [1.82, 2.24) is 0 Å². The number of furan rings is 1. The van der Waals surface area contributed by atoms with E-state index in [1.54, 1.807) is 19.6 Å². The average Bonchev–Trinajstić information content (AvgIpc) is 2.79. The molecule has 0 radical (unpaired) electrons. The standard InChI is InChI=1S/C13H15NO2/c1-10-7-12(3-4-13(10)15-2)14-8-11-5-6-16-9-11/h3-7,9,14H,8H2,1-2H3. The van der Waals surface area contributed by atoms with E-state index in [9.17, 15) is 0 Å². The fraction of sp³-hybridized carbons (Fsp3) is 0.231. The van der Waals surface area contributed by atoms with Gasteiger partial charge < -0.3 is 14.5 Å². The molecule has 2 rings (SSSR count). The Morgan fingerprint density at radius 1 is 1.31 bits per heavy atom. The van der Waals surface area contributed by atoms with Crippen LogP contribution in [0.2, 0.25) is 0 Å². The quantitative estimate of drug-likeness (QED) is 0.853. The first kappa shape index (κ1) is 10.6. The molecular formula is C13H15NO2. The van der Waals surface area contributed by atoms with Crippen LogP contribution in [0, 0.1) is 6.92 Å². The van der Waals surface area contributed by atoms with Crippen molar-refractivity contribution in [1.29, 1.82) is 0 Å². The Morgan fingerprint density at radius 3 is 2.81 bits per heavy atom. The number of benzene rings is 1. The zero-order valence-electron chi connectivity index (χ0n) is 9.49. The van der Waals surface area contributed by atoms with Crippen molar-refractivity contribution in [2.45, 2.75) is 13.5 Å². The van der Waals surface area contributed by atoms with E-state index in [0.29, 0.717) is 0 Å². The second-order valence-corrected chi connectivity index (χ2v) is 3.67. The van der Waals surface area contributed by atoms with Gasteiger partial charge in [-0.05, 0) is 36.8 Å². The third-order valence-corrected chi connectivity index (χ3v) is 2.47. The van der Waals surface area contributed by atoms with Crippen LogP contribution in [0.1, 0.15) is 11.1 Å². The summed E-state index contributed by atoms with van der Waals surface area (Å²) in [7, 11) is 1.68. The topological polar surface area (TPSA) is 34.4 Å². The zero-order chi connectivity index (χ0) is 11.4. The van der Waals surface area contributed by atoms with Crippen molar-refractivity contribution in [2.75, 3.05) is 12.4 Å². The molecule has 1 N–H and O–H groups in total. The summed E-state index contributed by atoms with van der Waals surface area (Å²) in [5.74, 6) is 0.911. The normalized spacial score (nSPS) is 10.1. The minimum atomic E-state index is 0.766. The van der Waals surface area contributed by atoms with E-state index in [0.717, 1.165) is 29.1 Å². The highest BCUT2D eigenvalue weighted by atomic mass is 16.5. The summed E-state index contributed by atoms with van der Waals surface area (Å²) < 4.78 is 10.2. The lowest BCUT2D eigenvalue weighted by Gasteiger charge is -2.08. The molecule has 0 saturated carbocycles. The molecule has 0 fully saturated rings. The van der Waals surface area contributed by atoms with Gasteiger partial charge in [-0.2, -0.15) is 0 Å². The maximum Gasteiger partial charge on any atom is 0.121 e. The fourth-order valence-corrected chi connectivity index (χ4v) is 1.59. The van der Waals surface area contributed by atoms with Crippen LogP contribution in [0.5, 0.6) is 5.75 Å². The molecule has 1 aromatic heterocycles. The summed E-state index contributed by atoms with van der Waals surface area (Å²) in [5.41, 5.74) is 3.34. The van der Waals surface area contributed by atoms with Crippen LogP contribution in [0.3, 0.4) is 0 Å². The lowest BCUT2D eigenvalue weighted by Crippen LogP contribution is -1.98. The molecule has 0 unspecified atom stereocenters. The van der Waals surface area contributed by atoms with Gasteiger partial charge in [-0.25, -0.2) is 0 Å². The number of ether oxygens (including phenoxy) is 1. The van der Waals surface area contributed by atoms with Crippen molar-refractivity contribution in [3.8, 4) is 5.75 Å². The van der Waals surface area contributed by atoms with Gasteiger partial charge in [-0.1, -0.05) is 0 Å². The van der Waals surface area contributed by atoms with Crippen molar-refractivity contribution < 1.29 is 9.15 Å². The van der Waals surface area contributed by atoms with Crippen molar-refractivity contribution >= 4 is 5.69 Å². The Kier molecular flexibility index (Phi) is 3.15. The second-order valence-electron chi connectivity index (χ2n) is 3.67. The number of hydrogen-bond donors (Lipinski definition) is 1. The van der Waals surface area contributed by atoms with Crippen LogP contribution in [0.15, 0.2) is 41.2 Å². The summed E-state index contributed by atoms with van der Waals surface area (Å²) in [6.45, 7) is 2.80. The second kappa shape index (κ2) is 4.75. The molecule has 0 aliphatic heterocycles. The third kappa shape index (κ3) is 2.37. The Balaban J connectivity index is 2.02. The summed E-state index contributed by atoms with van der Waals surface area (Å²) in [6, 6.07) is 7.99. The van der Waals surface area contributed by atoms with Gasteiger partial charge in [0.1, 0.15) is 5.75 Å². The van der Waals surface area contributed by atoms with E-state index >= 15 is 0 Å². The molecule has 84 valence electrons. The summed E-state index contributed by atoms with van der Waals surface area (Å²) >= 11 is 0. The van der Waals surface area contributed by atoms with E-state index in [2.05, 4.69) is 11.4 Å². The van der Waals surface area contributed by atoms with E-state index in [1.807, 2.05) is 25.1 Å². The molecule has 3 heteroatoms. The van der Waals surface area contributed by atoms with Crippen molar-refractivity contribution in [3.05, 3.63) is 47.9 Å². The molecule has 2 aromatic rings. The van der Waals surface area contributed by atoms with Gasteiger partial charge >= 0.3 is 0 Å². The van der Waals surface area contributed by atoms with Gasteiger partial charge in [0.15, 0.2) is 0 Å². The van der Waals surface area contributed by atoms with Crippen LogP contribution >= 0.6 is 0 Å². The largest absolute Gasteiger partial charge is 0.496 e. The Labute approximate surface area is 95.0 Å². The minimum absolute atomic E-state index is 0.766. The first-order chi connectivity index (χ1) is 7.79. The summed E-state index contributed by atoms with van der Waals surface area (Å²) in [5, 5.41) is 3.32. The van der Waals surface area contributed by atoms with E-state index in [1.165, 1.54) is 0 Å². The van der Waals surface area contributed by atoms with Crippen LogP contribution in [0.4, 0.5) is 5.69 Å². The highest BCUT2D eigenvalue weighted by Crippen LogP contribution is 2.21. The lowest BCUT2D eigenvalue weighted by atomic mass is 10.2. The smallest absolute Gasteiger partial charge is 0.121 e. The predicted octanol–water partition coefficient (Wildman–Crippen LogP) is 3.21. The van der Waals surface area contributed by atoms with Gasteiger partial charge in [0.25, 0.3) is 0 Å². The van der Waals surface area contributed by atoms with Gasteiger partial charge in [-0.3, -0.25) is 0 Å². The number of nitrogens with one attached hydrogen (secondary N) is 1. The van der Waals surface area contributed by atoms with Crippen LogP contribution in [-0.4, -0.2) is 7.11 Å². The van der Waals surface area contributed by atoms with Gasteiger partial charge in [0.05, 0.1) is 19.6 Å². The van der Waals surface area contributed by atoms with Crippen molar-refractivity contribution in [3.63, 3.8) is 0 Å². The molecule has 0 aliphatic rings. The SMILES string of the molecule is COc1ccc(NCc2ccoc2)cc1C. The lowest BCUT2D eigenvalue weighted by molar-refractivity contribution is 0.412. The number of rotatable bonds is 4. The molecular weight excluding hydrogens is 202 g/mol. The van der Waals surface area contributed by atoms with E-state index in [4.69, 9.17) is 9.15 Å². The fourth-order valence-electron chi connectivity index (χ4n) is 1.59. The zero-order valence-corrected chi connectivity index (χ0v) is 9.49. The highest BCUT2D eigenvalue weighted by molar-refractivity contribution is 5.50. The molecule has 1 aromatic carbocycles. The average molecular weight is 217 g/mol. The molecule has 0 saturated heterocycles. The predicted molar refractivity (Wildman–Crippen MR) is 63.8 cm³/mol. The minimum Gasteiger partial charge on any atom is -0.496 e. The van der Waals surface area contributed by atoms with Gasteiger partial charge in [-0.15, -0.1) is 0 Å². The Morgan fingerprint density at radius 2 is 2.19 bits per heavy atom. The molecule has 1 heterocycles. The maximum absolute atomic E-state index is 5.21. The molecule has 0 aliphatic carbocycles. The van der Waals surface area contributed by atoms with Crippen LogP contribution in [0.25, 0.3) is 0 Å². The molecule has 16 heavy (non-hydrogen) atoms. The van der Waals surface area contributed by atoms with Crippen LogP contribution in [-0.2, 0) is 6.54 Å². The van der Waals surface area contributed by atoms with E-state index < -0.39 is 0 Å². The summed E-state index contributed by atoms with van der Waals surface area (Å²) in [4.78, 5) is 0. The molecule has 0 spiro atoms. The van der Waals surface area contributed by atoms with Gasteiger partial charge in [0, 0.05) is 17.8 Å². The molecule has 0 bridgehead atoms. The van der Waals surface area contributed by atoms with Gasteiger partial charge in [0.2, 0.25) is 0 Å². The third-order valence-electron chi connectivity index (χ3n) is 2.47. The molecule has 0 amide bonds.